The number of methoxy groups -OCH3 is 1. The molecule has 0 saturated heterocycles. The Balaban J connectivity index is 1.20. The summed E-state index contributed by atoms with van der Waals surface area (Å²) in [5, 5.41) is 12.3. The Bertz CT molecular complexity index is 2360. The second-order valence-electron chi connectivity index (χ2n) is 15.6. The Morgan fingerprint density at radius 1 is 0.867 bits per heavy atom. The highest BCUT2D eigenvalue weighted by atomic mass is 35.5. The number of carbonyl (C=O) groups excluding carboxylic acids is 2. The predicted octanol–water partition coefficient (Wildman–Crippen LogP) is 10.1. The summed E-state index contributed by atoms with van der Waals surface area (Å²) in [4.78, 5) is 32.8. The van der Waals surface area contributed by atoms with Gasteiger partial charge in [-0.2, -0.15) is 10.2 Å². The Kier molecular flexibility index (Phi) is 15.3. The first-order valence-corrected chi connectivity index (χ1v) is 22.7. The third-order valence-corrected chi connectivity index (χ3v) is 15.4. The fourth-order valence-corrected chi connectivity index (χ4v) is 7.20. The number of ether oxygens (including phenoxy) is 5. The van der Waals surface area contributed by atoms with E-state index in [1.54, 1.807) is 30.5 Å². The van der Waals surface area contributed by atoms with Crippen molar-refractivity contribution < 1.29 is 37.7 Å². The number of hydrogen-bond acceptors (Lipinski definition) is 11. The van der Waals surface area contributed by atoms with Crippen molar-refractivity contribution in [2.75, 3.05) is 20.3 Å². The number of nitrogens with one attached hydrogen (secondary N) is 1. The van der Waals surface area contributed by atoms with Gasteiger partial charge in [-0.1, -0.05) is 68.8 Å². The fraction of sp³-hybridized carbons (Fsp3) is 0.326. The smallest absolute Gasteiger partial charge is 0.407 e. The minimum Gasteiger partial charge on any atom is -0.488 e. The molecule has 0 saturated carbocycles. The molecule has 1 N–H and O–H groups in total. The fourth-order valence-electron chi connectivity index (χ4n) is 5.95. The molecule has 0 aliphatic carbocycles. The van der Waals surface area contributed by atoms with Crippen molar-refractivity contribution in [2.45, 2.75) is 79.1 Å². The Morgan fingerprint density at radius 2 is 1.53 bits per heavy atom. The van der Waals surface area contributed by atoms with Gasteiger partial charge in [0.15, 0.2) is 14.6 Å². The summed E-state index contributed by atoms with van der Waals surface area (Å²) in [6.45, 7) is 16.1. The van der Waals surface area contributed by atoms with E-state index in [1.807, 2.05) is 31.2 Å². The molecule has 0 radical (unpaired) electrons. The molecule has 2 aromatic heterocycles. The van der Waals surface area contributed by atoms with E-state index in [2.05, 4.69) is 74.3 Å². The van der Waals surface area contributed by atoms with Gasteiger partial charge < -0.3 is 33.4 Å². The third-order valence-electron chi connectivity index (χ3n) is 10.6. The number of nitrogens with zero attached hydrogens (tertiary/aromatic N) is 3. The summed E-state index contributed by atoms with van der Waals surface area (Å²) in [7, 11) is -0.404. The lowest BCUT2D eigenvalue weighted by molar-refractivity contribution is 0.111. The van der Waals surface area contributed by atoms with Crippen LogP contribution in [0.4, 0.5) is 4.79 Å². The molecule has 0 aliphatic rings. The molecule has 5 aromatic rings. The van der Waals surface area contributed by atoms with E-state index in [0.717, 1.165) is 33.4 Å². The normalized spacial score (nSPS) is 11.3. The zero-order valence-electron chi connectivity index (χ0n) is 35.3. The molecule has 0 spiro atoms. The minimum atomic E-state index is -1.92. The topological polar surface area (TPSA) is 151 Å². The number of halogens is 1. The molecule has 1 amide bonds. The molecular formula is C46H51ClN4O8Si. The first-order chi connectivity index (χ1) is 28.6. The molecule has 3 aromatic carbocycles. The predicted molar refractivity (Wildman–Crippen MR) is 232 cm³/mol. The second-order valence-corrected chi connectivity index (χ2v) is 20.8. The van der Waals surface area contributed by atoms with Gasteiger partial charge in [0.1, 0.15) is 44.0 Å². The van der Waals surface area contributed by atoms with Gasteiger partial charge in [-0.15, -0.1) is 0 Å². The van der Waals surface area contributed by atoms with Crippen LogP contribution in [-0.4, -0.2) is 51.0 Å². The van der Waals surface area contributed by atoms with Crippen LogP contribution in [0, 0.1) is 25.2 Å². The summed E-state index contributed by atoms with van der Waals surface area (Å²) >= 11 is 6.54. The van der Waals surface area contributed by atoms with Crippen LogP contribution in [0.1, 0.15) is 70.1 Å². The lowest BCUT2D eigenvalue weighted by Gasteiger charge is -2.36. The number of pyridine rings is 2. The van der Waals surface area contributed by atoms with Crippen molar-refractivity contribution in [3.63, 3.8) is 0 Å². The van der Waals surface area contributed by atoms with Crippen LogP contribution in [0.15, 0.2) is 79.1 Å². The van der Waals surface area contributed by atoms with Crippen LogP contribution < -0.4 is 24.3 Å². The number of amides is 1. The van der Waals surface area contributed by atoms with E-state index < -0.39 is 14.4 Å². The number of alkyl carbamates (subject to hydrolysis) is 1. The maximum Gasteiger partial charge on any atom is 0.407 e. The molecule has 0 aliphatic heterocycles. The molecule has 60 heavy (non-hydrogen) atoms. The zero-order valence-corrected chi connectivity index (χ0v) is 37.1. The average molecular weight is 851 g/mol. The summed E-state index contributed by atoms with van der Waals surface area (Å²) in [5.41, 5.74) is 8.10. The van der Waals surface area contributed by atoms with Gasteiger partial charge in [0.05, 0.1) is 36.4 Å². The minimum absolute atomic E-state index is 0.0749. The first-order valence-electron chi connectivity index (χ1n) is 19.4. The number of rotatable bonds is 18. The van der Waals surface area contributed by atoms with Gasteiger partial charge in [0, 0.05) is 35.7 Å². The summed E-state index contributed by atoms with van der Waals surface area (Å²) in [6.07, 6.45) is 3.18. The van der Waals surface area contributed by atoms with Crippen molar-refractivity contribution in [3.8, 4) is 40.5 Å². The molecule has 12 nitrogen and oxygen atoms in total. The number of aromatic nitrogens is 2. The lowest BCUT2D eigenvalue weighted by atomic mass is 9.92. The molecule has 14 heteroatoms. The summed E-state index contributed by atoms with van der Waals surface area (Å²) < 4.78 is 35.2. The van der Waals surface area contributed by atoms with Gasteiger partial charge in [0.2, 0.25) is 11.8 Å². The SMILES string of the molecule is COc1nc(OCc2cccc(-c3cccc(COc4cc(OCc5cncc(C#N)c5)c(C=O)cc4Cl)c3C)c2C)ccc1CNC(=O)OCCO[Si](C)(C)C(C)(C)C. The molecule has 0 atom stereocenters. The van der Waals surface area contributed by atoms with Crippen molar-refractivity contribution in [3.05, 3.63) is 129 Å². The third kappa shape index (κ3) is 11.6. The summed E-state index contributed by atoms with van der Waals surface area (Å²) in [6, 6.07) is 22.5. The monoisotopic (exact) mass is 850 g/mol. The molecule has 0 fully saturated rings. The standard InChI is InChI=1S/C46H51ClN4O8Si/c1-30-35(28-57-42-21-41(37(26-52)20-40(42)47)56-27-33-19-32(22-48)23-49-24-33)11-9-13-38(30)39-14-10-12-36(31(39)2)29-58-43-16-15-34(44(51-43)54-6)25-50-45(53)55-17-18-59-60(7,8)46(3,4)5/h9-16,19-21,23-24,26H,17-18,25,27-29H2,1-8H3,(H,50,53). The van der Waals surface area contributed by atoms with Gasteiger partial charge in [-0.3, -0.25) is 9.78 Å². The maximum absolute atomic E-state index is 12.4. The number of carbonyl (C=O) groups is 2. The van der Waals surface area contributed by atoms with Crippen molar-refractivity contribution in [1.29, 1.82) is 5.26 Å². The Morgan fingerprint density at radius 3 is 2.17 bits per heavy atom. The first kappa shape index (κ1) is 45.1. The molecule has 314 valence electrons. The lowest BCUT2D eigenvalue weighted by Crippen LogP contribution is -2.41. The van der Waals surface area contributed by atoms with E-state index in [-0.39, 0.29) is 48.6 Å². The number of nitriles is 1. The zero-order chi connectivity index (χ0) is 43.5. The van der Waals surface area contributed by atoms with Crippen LogP contribution in [0.25, 0.3) is 11.1 Å². The van der Waals surface area contributed by atoms with Crippen LogP contribution in [0.3, 0.4) is 0 Å². The largest absolute Gasteiger partial charge is 0.488 e. The number of benzene rings is 3. The summed E-state index contributed by atoms with van der Waals surface area (Å²) in [5.74, 6) is 1.36. The highest BCUT2D eigenvalue weighted by molar-refractivity contribution is 6.74. The number of aldehydes is 1. The van der Waals surface area contributed by atoms with E-state index in [0.29, 0.717) is 52.8 Å². The van der Waals surface area contributed by atoms with Crippen LogP contribution in [0.2, 0.25) is 23.2 Å². The van der Waals surface area contributed by atoms with Crippen LogP contribution in [-0.2, 0) is 35.5 Å². The van der Waals surface area contributed by atoms with Gasteiger partial charge in [0.25, 0.3) is 0 Å². The van der Waals surface area contributed by atoms with E-state index in [9.17, 15) is 14.9 Å². The molecule has 0 bridgehead atoms. The van der Waals surface area contributed by atoms with Crippen molar-refractivity contribution in [2.24, 2.45) is 0 Å². The highest BCUT2D eigenvalue weighted by Crippen LogP contribution is 2.37. The Labute approximate surface area is 357 Å². The highest BCUT2D eigenvalue weighted by Gasteiger charge is 2.37. The molecule has 0 unspecified atom stereocenters. The molecule has 5 rings (SSSR count). The van der Waals surface area contributed by atoms with E-state index in [4.69, 9.17) is 39.7 Å². The van der Waals surface area contributed by atoms with Gasteiger partial charge in [-0.05, 0) is 83.6 Å². The molecule has 2 heterocycles. The van der Waals surface area contributed by atoms with Gasteiger partial charge in [-0.25, -0.2) is 4.79 Å². The second kappa shape index (κ2) is 20.3. The van der Waals surface area contributed by atoms with Crippen LogP contribution >= 0.6 is 11.6 Å². The Hall–Kier alpha value is -5.94. The maximum atomic E-state index is 12.4. The quantitative estimate of drug-likeness (QED) is 0.0510. The van der Waals surface area contributed by atoms with Crippen molar-refractivity contribution in [1.82, 2.24) is 15.3 Å². The molecular weight excluding hydrogens is 800 g/mol. The van der Waals surface area contributed by atoms with Crippen LogP contribution in [0.5, 0.6) is 23.3 Å². The number of hydrogen-bond donors (Lipinski definition) is 1. The van der Waals surface area contributed by atoms with E-state index in [1.165, 1.54) is 19.4 Å². The average Bonchev–Trinajstić information content (AvgIpc) is 3.23. The van der Waals surface area contributed by atoms with E-state index >= 15 is 0 Å². The van der Waals surface area contributed by atoms with Gasteiger partial charge >= 0.3 is 6.09 Å². The van der Waals surface area contributed by atoms with Crippen molar-refractivity contribution >= 4 is 32.3 Å².